The number of ether oxygens (including phenoxy) is 1. The van der Waals surface area contributed by atoms with E-state index in [2.05, 4.69) is 20.8 Å². The third-order valence-corrected chi connectivity index (χ3v) is 3.96. The normalized spacial score (nSPS) is 33.0. The summed E-state index contributed by atoms with van der Waals surface area (Å²) in [5, 5.41) is 0. The maximum absolute atomic E-state index is 6.17. The summed E-state index contributed by atoms with van der Waals surface area (Å²) in [5.74, 6) is 1.50. The van der Waals surface area contributed by atoms with Crippen molar-refractivity contribution < 1.29 is 4.74 Å². The predicted molar refractivity (Wildman–Crippen MR) is 64.8 cm³/mol. The maximum Gasteiger partial charge on any atom is 0.0465 e. The molecule has 2 N–H and O–H groups in total. The van der Waals surface area contributed by atoms with Gasteiger partial charge >= 0.3 is 0 Å². The summed E-state index contributed by atoms with van der Waals surface area (Å²) in [6.45, 7) is 7.90. The number of hydrogen-bond acceptors (Lipinski definition) is 2. The Labute approximate surface area is 94.6 Å². The van der Waals surface area contributed by atoms with E-state index in [1.807, 2.05) is 0 Å². The predicted octanol–water partition coefficient (Wildman–Crippen LogP) is 2.81. The monoisotopic (exact) mass is 213 g/mol. The number of rotatable bonds is 3. The zero-order valence-electron chi connectivity index (χ0n) is 10.8. The molecule has 0 radical (unpaired) electrons. The van der Waals surface area contributed by atoms with Gasteiger partial charge in [0.15, 0.2) is 0 Å². The summed E-state index contributed by atoms with van der Waals surface area (Å²) in [5.41, 5.74) is 6.61. The number of nitrogens with two attached hydrogens (primary N) is 1. The van der Waals surface area contributed by atoms with Gasteiger partial charge in [0.05, 0.1) is 0 Å². The lowest BCUT2D eigenvalue weighted by Crippen LogP contribution is -2.40. The van der Waals surface area contributed by atoms with Crippen molar-refractivity contribution in [1.82, 2.24) is 0 Å². The molecule has 1 fully saturated rings. The molecule has 3 atom stereocenters. The van der Waals surface area contributed by atoms with Crippen LogP contribution in [0.15, 0.2) is 0 Å². The molecule has 0 spiro atoms. The van der Waals surface area contributed by atoms with Crippen LogP contribution in [0.5, 0.6) is 0 Å². The Kier molecular flexibility index (Phi) is 4.60. The molecule has 0 aromatic carbocycles. The largest absolute Gasteiger partial charge is 0.385 e. The van der Waals surface area contributed by atoms with Crippen LogP contribution >= 0.6 is 0 Å². The second-order valence-corrected chi connectivity index (χ2v) is 6.08. The van der Waals surface area contributed by atoms with Crippen LogP contribution < -0.4 is 5.73 Å². The molecule has 90 valence electrons. The lowest BCUT2D eigenvalue weighted by Gasteiger charge is -2.40. The van der Waals surface area contributed by atoms with Crippen LogP contribution in [0.3, 0.4) is 0 Å². The molecule has 0 aromatic heterocycles. The summed E-state index contributed by atoms with van der Waals surface area (Å²) in [4.78, 5) is 0. The summed E-state index contributed by atoms with van der Waals surface area (Å²) >= 11 is 0. The first kappa shape index (κ1) is 13.0. The minimum atomic E-state index is 0.402. The summed E-state index contributed by atoms with van der Waals surface area (Å²) in [6, 6.07) is 0.402. The molecule has 15 heavy (non-hydrogen) atoms. The Hall–Kier alpha value is -0.0800. The first-order valence-electron chi connectivity index (χ1n) is 6.19. The highest BCUT2D eigenvalue weighted by Gasteiger charge is 2.33. The topological polar surface area (TPSA) is 35.2 Å². The molecule has 0 saturated heterocycles. The van der Waals surface area contributed by atoms with Crippen molar-refractivity contribution in [3.63, 3.8) is 0 Å². The van der Waals surface area contributed by atoms with Gasteiger partial charge in [-0.3, -0.25) is 0 Å². The van der Waals surface area contributed by atoms with Crippen molar-refractivity contribution in [1.29, 1.82) is 0 Å². The van der Waals surface area contributed by atoms with Crippen LogP contribution in [0.25, 0.3) is 0 Å². The number of hydrogen-bond donors (Lipinski definition) is 1. The third kappa shape index (κ3) is 3.76. The average Bonchev–Trinajstić information content (AvgIpc) is 2.15. The fourth-order valence-corrected chi connectivity index (χ4v) is 2.68. The second-order valence-electron chi connectivity index (χ2n) is 6.08. The minimum Gasteiger partial charge on any atom is -0.385 e. The molecular formula is C13H27NO. The van der Waals surface area contributed by atoms with E-state index in [0.29, 0.717) is 17.4 Å². The van der Waals surface area contributed by atoms with E-state index < -0.39 is 0 Å². The molecule has 2 nitrogen and oxygen atoms in total. The van der Waals surface area contributed by atoms with E-state index in [4.69, 9.17) is 10.5 Å². The van der Waals surface area contributed by atoms with E-state index in [-0.39, 0.29) is 0 Å². The summed E-state index contributed by atoms with van der Waals surface area (Å²) in [7, 11) is 1.77. The van der Waals surface area contributed by atoms with Crippen LogP contribution in [0.2, 0.25) is 0 Å². The first-order chi connectivity index (χ1) is 6.95. The minimum absolute atomic E-state index is 0.402. The van der Waals surface area contributed by atoms with Gasteiger partial charge in [0.1, 0.15) is 0 Å². The van der Waals surface area contributed by atoms with Gasteiger partial charge in [-0.2, -0.15) is 0 Å². The Bertz CT molecular complexity index is 185. The zero-order valence-corrected chi connectivity index (χ0v) is 10.8. The van der Waals surface area contributed by atoms with E-state index >= 15 is 0 Å². The van der Waals surface area contributed by atoms with Gasteiger partial charge in [-0.1, -0.05) is 20.8 Å². The van der Waals surface area contributed by atoms with Crippen molar-refractivity contribution in [2.24, 2.45) is 23.0 Å². The lowest BCUT2D eigenvalue weighted by molar-refractivity contribution is 0.0986. The van der Waals surface area contributed by atoms with Gasteiger partial charge in [-0.15, -0.1) is 0 Å². The molecule has 1 rings (SSSR count). The molecule has 2 heteroatoms. The smallest absolute Gasteiger partial charge is 0.0465 e. The van der Waals surface area contributed by atoms with E-state index in [9.17, 15) is 0 Å². The van der Waals surface area contributed by atoms with Crippen LogP contribution in [0.4, 0.5) is 0 Å². The molecule has 0 aliphatic heterocycles. The maximum atomic E-state index is 6.17. The fraction of sp³-hybridized carbons (Fsp3) is 1.00. The summed E-state index contributed by atoms with van der Waals surface area (Å²) < 4.78 is 5.16. The highest BCUT2D eigenvalue weighted by Crippen LogP contribution is 2.40. The second kappa shape index (κ2) is 5.31. The molecule has 1 aliphatic carbocycles. The van der Waals surface area contributed by atoms with Gasteiger partial charge in [0, 0.05) is 19.8 Å². The summed E-state index contributed by atoms with van der Waals surface area (Å²) in [6.07, 6.45) is 4.91. The van der Waals surface area contributed by atoms with Gasteiger partial charge < -0.3 is 10.5 Å². The molecular weight excluding hydrogens is 186 g/mol. The quantitative estimate of drug-likeness (QED) is 0.782. The Balaban J connectivity index is 2.48. The zero-order chi connectivity index (χ0) is 11.5. The fourth-order valence-electron chi connectivity index (χ4n) is 2.68. The van der Waals surface area contributed by atoms with Gasteiger partial charge in [0.2, 0.25) is 0 Å². The Morgan fingerprint density at radius 2 is 1.93 bits per heavy atom. The standard InChI is InChI=1S/C13H27NO/c1-13(2,3)11-5-6-12(14)10(9-11)7-8-15-4/h10-12H,5-9,14H2,1-4H3. The highest BCUT2D eigenvalue weighted by atomic mass is 16.5. The van der Waals surface area contributed by atoms with Crippen molar-refractivity contribution in [3.8, 4) is 0 Å². The van der Waals surface area contributed by atoms with Crippen LogP contribution in [-0.2, 0) is 4.74 Å². The van der Waals surface area contributed by atoms with Gasteiger partial charge in [-0.05, 0) is 42.9 Å². The Morgan fingerprint density at radius 1 is 1.27 bits per heavy atom. The molecule has 0 aromatic rings. The first-order valence-corrected chi connectivity index (χ1v) is 6.19. The van der Waals surface area contributed by atoms with Crippen LogP contribution in [0, 0.1) is 17.3 Å². The van der Waals surface area contributed by atoms with Gasteiger partial charge in [-0.25, -0.2) is 0 Å². The number of methoxy groups -OCH3 is 1. The molecule has 1 saturated carbocycles. The average molecular weight is 213 g/mol. The highest BCUT2D eigenvalue weighted by molar-refractivity contribution is 4.87. The molecule has 3 unspecified atom stereocenters. The lowest BCUT2D eigenvalue weighted by atomic mass is 9.67. The molecule has 0 bridgehead atoms. The van der Waals surface area contributed by atoms with Crippen molar-refractivity contribution in [2.45, 2.75) is 52.5 Å². The van der Waals surface area contributed by atoms with Crippen molar-refractivity contribution in [2.75, 3.05) is 13.7 Å². The van der Waals surface area contributed by atoms with Crippen LogP contribution in [0.1, 0.15) is 46.5 Å². The third-order valence-electron chi connectivity index (χ3n) is 3.96. The molecule has 1 aliphatic rings. The van der Waals surface area contributed by atoms with E-state index in [0.717, 1.165) is 18.9 Å². The van der Waals surface area contributed by atoms with Gasteiger partial charge in [0.25, 0.3) is 0 Å². The van der Waals surface area contributed by atoms with Crippen LogP contribution in [-0.4, -0.2) is 19.8 Å². The molecule has 0 heterocycles. The Morgan fingerprint density at radius 3 is 2.47 bits per heavy atom. The van der Waals surface area contributed by atoms with E-state index in [1.54, 1.807) is 7.11 Å². The molecule has 0 amide bonds. The van der Waals surface area contributed by atoms with Crippen molar-refractivity contribution in [3.05, 3.63) is 0 Å². The van der Waals surface area contributed by atoms with Crippen molar-refractivity contribution >= 4 is 0 Å². The SMILES string of the molecule is COCCC1CC(C(C)(C)C)CCC1N. The van der Waals surface area contributed by atoms with E-state index in [1.165, 1.54) is 19.3 Å².